The fourth-order valence-electron chi connectivity index (χ4n) is 3.83. The maximum absolute atomic E-state index is 13.0. The summed E-state index contributed by atoms with van der Waals surface area (Å²) in [7, 11) is 0. The Hall–Kier alpha value is -4.21. The molecule has 0 radical (unpaired) electrons. The number of nitrogens with zero attached hydrogens (tertiary/aromatic N) is 5. The number of carbonyl (C=O) groups is 1. The number of hydrogen-bond donors (Lipinski definition) is 1. The van der Waals surface area contributed by atoms with E-state index in [1.807, 2.05) is 24.3 Å². The SMILES string of the molecule is CC(C)c1ccc(NC(=O)c2ccccc2-n2nc3c([n+]2[O-])CCc2c-3no[n+]2[O-])cc1. The lowest BCUT2D eigenvalue weighted by atomic mass is 10.0. The van der Waals surface area contributed by atoms with E-state index < -0.39 is 0 Å². The molecule has 1 N–H and O–H groups in total. The van der Waals surface area contributed by atoms with Crippen LogP contribution in [0.4, 0.5) is 5.69 Å². The Morgan fingerprint density at radius 1 is 1.06 bits per heavy atom. The molecule has 0 fully saturated rings. The van der Waals surface area contributed by atoms with Gasteiger partial charge in [-0.25, -0.2) is 0 Å². The van der Waals surface area contributed by atoms with Gasteiger partial charge in [-0.1, -0.05) is 38.1 Å². The number of aromatic nitrogens is 5. The molecular formula is C22H20N6O4. The van der Waals surface area contributed by atoms with E-state index in [9.17, 15) is 15.2 Å². The molecule has 0 atom stereocenters. The highest BCUT2D eigenvalue weighted by Gasteiger charge is 2.39. The summed E-state index contributed by atoms with van der Waals surface area (Å²) in [5.41, 5.74) is 3.64. The maximum Gasteiger partial charge on any atom is 0.303 e. The molecule has 1 aliphatic rings. The summed E-state index contributed by atoms with van der Waals surface area (Å²) >= 11 is 0. The number of anilines is 1. The minimum absolute atomic E-state index is 0.247. The van der Waals surface area contributed by atoms with E-state index in [1.165, 1.54) is 5.56 Å². The first kappa shape index (κ1) is 19.7. The second-order valence-electron chi connectivity index (χ2n) is 7.93. The molecule has 1 aliphatic carbocycles. The van der Waals surface area contributed by atoms with Crippen LogP contribution < -0.4 is 15.1 Å². The van der Waals surface area contributed by atoms with E-state index in [0.717, 1.165) is 4.80 Å². The van der Waals surface area contributed by atoms with Crippen LogP contribution in [0.25, 0.3) is 17.1 Å². The molecule has 0 saturated heterocycles. The standard InChI is InChI=1S/C22H20N6O4/c1-13(2)14-7-9-15(10-8-14)23-22(29)16-5-3-4-6-17(16)26-24-20-18(27(26)30)11-12-19-21(20)25-32-28(19)31/h3-10,13H,11-12H2,1-2H3,(H,23,29). The van der Waals surface area contributed by atoms with E-state index in [4.69, 9.17) is 0 Å². The van der Waals surface area contributed by atoms with Gasteiger partial charge in [-0.3, -0.25) is 9.42 Å². The number of amides is 1. The predicted octanol–water partition coefficient (Wildman–Crippen LogP) is 2.27. The Balaban J connectivity index is 1.51. The molecule has 0 unspecified atom stereocenters. The highest BCUT2D eigenvalue weighted by molar-refractivity contribution is 6.06. The summed E-state index contributed by atoms with van der Waals surface area (Å²) in [6.45, 7) is 4.20. The van der Waals surface area contributed by atoms with Gasteiger partial charge in [0.2, 0.25) is 5.69 Å². The molecule has 2 heterocycles. The van der Waals surface area contributed by atoms with Gasteiger partial charge in [0.25, 0.3) is 5.91 Å². The number of fused-ring (bicyclic) bond motifs is 3. The summed E-state index contributed by atoms with van der Waals surface area (Å²) in [6.07, 6.45) is 0.629. The van der Waals surface area contributed by atoms with E-state index in [2.05, 4.69) is 34.0 Å². The first-order valence-electron chi connectivity index (χ1n) is 10.3. The van der Waals surface area contributed by atoms with Crippen molar-refractivity contribution >= 4 is 11.6 Å². The topological polar surface area (TPSA) is 127 Å². The van der Waals surface area contributed by atoms with E-state index in [0.29, 0.717) is 51.3 Å². The maximum atomic E-state index is 13.0. The molecular weight excluding hydrogens is 412 g/mol. The average Bonchev–Trinajstić information content (AvgIpc) is 3.34. The van der Waals surface area contributed by atoms with Crippen LogP contribution in [0.3, 0.4) is 0 Å². The Kier molecular flexibility index (Phi) is 4.62. The number of carbonyl (C=O) groups excluding carboxylic acids is 1. The van der Waals surface area contributed by atoms with Gasteiger partial charge in [-0.2, -0.15) is 0 Å². The summed E-state index contributed by atoms with van der Waals surface area (Å²) in [6, 6.07) is 14.3. The number of para-hydroxylation sites is 1. The van der Waals surface area contributed by atoms with Crippen molar-refractivity contribution in [2.45, 2.75) is 32.6 Å². The zero-order chi connectivity index (χ0) is 22.4. The average molecular weight is 432 g/mol. The summed E-state index contributed by atoms with van der Waals surface area (Å²) in [5.74, 6) is 0.0195. The second kappa shape index (κ2) is 7.49. The minimum atomic E-state index is -0.370. The molecule has 2 aromatic carbocycles. The Bertz CT molecular complexity index is 1320. The normalized spacial score (nSPS) is 12.5. The fourth-order valence-corrected chi connectivity index (χ4v) is 3.83. The highest BCUT2D eigenvalue weighted by atomic mass is 16.8. The lowest BCUT2D eigenvalue weighted by Crippen LogP contribution is -2.42. The fraction of sp³-hybridized carbons (Fsp3) is 0.227. The predicted molar refractivity (Wildman–Crippen MR) is 113 cm³/mol. The Labute approximate surface area is 182 Å². The largest absolute Gasteiger partial charge is 0.692 e. The van der Waals surface area contributed by atoms with Gasteiger partial charge in [-0.15, -0.1) is 4.85 Å². The quantitative estimate of drug-likeness (QED) is 0.389. The van der Waals surface area contributed by atoms with Crippen molar-refractivity contribution < 1.29 is 19.2 Å². The highest BCUT2D eigenvalue weighted by Crippen LogP contribution is 2.28. The second-order valence-corrected chi connectivity index (χ2v) is 7.93. The van der Waals surface area contributed by atoms with Crippen molar-refractivity contribution in [2.24, 2.45) is 0 Å². The molecule has 0 aliphatic heterocycles. The van der Waals surface area contributed by atoms with Crippen LogP contribution in [0.15, 0.2) is 53.2 Å². The van der Waals surface area contributed by atoms with E-state index in [-0.39, 0.29) is 22.9 Å². The van der Waals surface area contributed by atoms with Crippen LogP contribution in [-0.2, 0) is 12.8 Å². The summed E-state index contributed by atoms with van der Waals surface area (Å²) in [5, 5.41) is 35.7. The third kappa shape index (κ3) is 3.16. The summed E-state index contributed by atoms with van der Waals surface area (Å²) < 4.78 is 4.67. The van der Waals surface area contributed by atoms with E-state index >= 15 is 0 Å². The van der Waals surface area contributed by atoms with Crippen LogP contribution in [0.5, 0.6) is 0 Å². The van der Waals surface area contributed by atoms with Crippen molar-refractivity contribution in [1.82, 2.24) is 15.1 Å². The zero-order valence-corrected chi connectivity index (χ0v) is 17.5. The molecule has 10 heteroatoms. The molecule has 0 spiro atoms. The van der Waals surface area contributed by atoms with Gasteiger partial charge in [0.05, 0.1) is 15.8 Å². The van der Waals surface area contributed by atoms with Crippen LogP contribution in [-0.4, -0.2) is 21.0 Å². The van der Waals surface area contributed by atoms with Gasteiger partial charge >= 0.3 is 11.4 Å². The lowest BCUT2D eigenvalue weighted by Gasteiger charge is -2.12. The Morgan fingerprint density at radius 3 is 2.53 bits per heavy atom. The van der Waals surface area contributed by atoms with Crippen LogP contribution in [0.1, 0.15) is 47.1 Å². The third-order valence-electron chi connectivity index (χ3n) is 5.59. The van der Waals surface area contributed by atoms with E-state index in [1.54, 1.807) is 24.3 Å². The summed E-state index contributed by atoms with van der Waals surface area (Å²) in [4.78, 5) is 15.1. The smallest absolute Gasteiger partial charge is 0.303 e. The van der Waals surface area contributed by atoms with Crippen molar-refractivity contribution in [3.8, 4) is 17.1 Å². The zero-order valence-electron chi connectivity index (χ0n) is 17.5. The van der Waals surface area contributed by atoms with Crippen LogP contribution in [0.2, 0.25) is 0 Å². The first-order chi connectivity index (χ1) is 15.4. The van der Waals surface area contributed by atoms with Crippen LogP contribution in [0, 0.1) is 10.4 Å². The molecule has 162 valence electrons. The molecule has 0 saturated carbocycles. The van der Waals surface area contributed by atoms with Crippen molar-refractivity contribution in [3.05, 3.63) is 81.5 Å². The monoisotopic (exact) mass is 432 g/mol. The number of rotatable bonds is 4. The van der Waals surface area contributed by atoms with Gasteiger partial charge < -0.3 is 15.7 Å². The number of nitrogens with one attached hydrogen (secondary N) is 1. The van der Waals surface area contributed by atoms with Gasteiger partial charge in [0.1, 0.15) is 5.69 Å². The van der Waals surface area contributed by atoms with Gasteiger partial charge in [-0.05, 0) is 45.4 Å². The molecule has 32 heavy (non-hydrogen) atoms. The van der Waals surface area contributed by atoms with Gasteiger partial charge in [0, 0.05) is 18.5 Å². The first-order valence-corrected chi connectivity index (χ1v) is 10.3. The van der Waals surface area contributed by atoms with Crippen molar-refractivity contribution in [1.29, 1.82) is 0 Å². The minimum Gasteiger partial charge on any atom is -0.692 e. The number of hydrogen-bond acceptors (Lipinski definition) is 6. The Morgan fingerprint density at radius 2 is 1.78 bits per heavy atom. The molecule has 1 amide bonds. The number of benzene rings is 2. The third-order valence-corrected chi connectivity index (χ3v) is 5.59. The molecule has 10 nitrogen and oxygen atoms in total. The van der Waals surface area contributed by atoms with Gasteiger partial charge in [0.15, 0.2) is 5.69 Å². The molecule has 0 bridgehead atoms. The van der Waals surface area contributed by atoms with Crippen molar-refractivity contribution in [2.75, 3.05) is 5.32 Å². The molecule has 5 rings (SSSR count). The molecule has 2 aromatic heterocycles. The molecule has 4 aromatic rings. The lowest BCUT2D eigenvalue weighted by molar-refractivity contribution is -0.808. The van der Waals surface area contributed by atoms with Crippen LogP contribution >= 0.6 is 0 Å². The van der Waals surface area contributed by atoms with Crippen molar-refractivity contribution in [3.63, 3.8) is 0 Å².